The molecular weight excluding hydrogens is 774 g/mol. The number of aliphatic hydroxyl groups is 3. The van der Waals surface area contributed by atoms with Gasteiger partial charge in [-0.2, -0.15) is 37.3 Å². The van der Waals surface area contributed by atoms with E-state index in [0.717, 1.165) is 12.1 Å². The number of hydrogen-bond donors (Lipinski definition) is 7. The molecule has 0 aliphatic heterocycles. The van der Waals surface area contributed by atoms with Crippen LogP contribution in [-0.4, -0.2) is 106 Å². The Labute approximate surface area is 339 Å². The number of anilines is 2. The Hall–Kier alpha value is -4.39. The van der Waals surface area contributed by atoms with Gasteiger partial charge in [0.2, 0.25) is 0 Å². The maximum Gasteiger partial charge on any atom is 1.00 e. The SMILES string of the molecule is COc1cc(N=Nc2cccc(S(=O)(=O)O)c2)ccc1NC(=O)Nc1ccc(N=Nc2cccc(S(=O)(=O)O)c2)cc1OC.OCCN(CCO)CCO.[Na+]. The fourth-order valence-electron chi connectivity index (χ4n) is 4.37. The van der Waals surface area contributed by atoms with E-state index >= 15 is 0 Å². The fourth-order valence-corrected chi connectivity index (χ4v) is 5.41. The number of hydrogen-bond acceptors (Lipinski definition) is 15. The van der Waals surface area contributed by atoms with Gasteiger partial charge in [-0.3, -0.25) is 14.0 Å². The number of benzene rings is 4. The van der Waals surface area contributed by atoms with Crippen LogP contribution in [0, 0.1) is 0 Å². The Bertz CT molecular complexity index is 2000. The van der Waals surface area contributed by atoms with Crippen LogP contribution < -0.4 is 49.7 Å². The van der Waals surface area contributed by atoms with Crippen molar-refractivity contribution in [1.29, 1.82) is 0 Å². The monoisotopic (exact) mass is 812 g/mol. The van der Waals surface area contributed by atoms with E-state index in [9.17, 15) is 30.7 Å². The van der Waals surface area contributed by atoms with Gasteiger partial charge in [-0.1, -0.05) is 12.1 Å². The smallest absolute Gasteiger partial charge is 0.494 e. The first-order valence-corrected chi connectivity index (χ1v) is 18.6. The second-order valence-electron chi connectivity index (χ2n) is 10.7. The number of urea groups is 1. The molecule has 7 N–H and O–H groups in total. The van der Waals surface area contributed by atoms with Crippen LogP contribution in [0.4, 0.5) is 38.9 Å². The van der Waals surface area contributed by atoms with Crippen LogP contribution in [0.5, 0.6) is 11.5 Å². The second kappa shape index (κ2) is 22.9. The molecule has 0 spiro atoms. The average molecular weight is 813 g/mol. The van der Waals surface area contributed by atoms with Gasteiger partial charge in [0.15, 0.2) is 0 Å². The molecule has 2 amide bonds. The zero-order chi connectivity index (χ0) is 39.7. The summed E-state index contributed by atoms with van der Waals surface area (Å²) in [6.45, 7) is 1.75. The average Bonchev–Trinajstić information content (AvgIpc) is 3.14. The molecule has 0 radical (unpaired) electrons. The first-order valence-electron chi connectivity index (χ1n) is 15.7. The minimum absolute atomic E-state index is 0. The predicted molar refractivity (Wildman–Crippen MR) is 197 cm³/mol. The van der Waals surface area contributed by atoms with Gasteiger partial charge in [0.25, 0.3) is 20.2 Å². The quantitative estimate of drug-likeness (QED) is 0.0485. The zero-order valence-corrected chi connectivity index (χ0v) is 33.6. The summed E-state index contributed by atoms with van der Waals surface area (Å²) < 4.78 is 74.4. The molecule has 0 saturated heterocycles. The standard InChI is InChI=1S/C27H24N6O9S2.C6H15NO3.Na/c1-41-25-15-19(32-30-17-5-3-7-21(13-17)43(35,36)37)9-11-23(25)28-27(34)29-24-12-10-20(16-26(24)42-2)33-31-18-6-4-8-22(14-18)44(38,39)40;8-4-1-7(2-5-9)3-6-10;/h3-16H,1-2H3,(H2,28,29,34)(H,35,36,37)(H,38,39,40);8-10H,1-6H2;/q;;+1. The summed E-state index contributed by atoms with van der Waals surface area (Å²) in [7, 11) is -6.00. The van der Waals surface area contributed by atoms with Crippen LogP contribution in [0.25, 0.3) is 0 Å². The van der Waals surface area contributed by atoms with E-state index in [1.54, 1.807) is 17.0 Å². The van der Waals surface area contributed by atoms with Gasteiger partial charge < -0.3 is 35.4 Å². The molecule has 55 heavy (non-hydrogen) atoms. The normalized spacial score (nSPS) is 11.5. The Kier molecular flexibility index (Phi) is 19.4. The third kappa shape index (κ3) is 15.7. The fraction of sp³-hybridized carbons (Fsp3) is 0.242. The minimum Gasteiger partial charge on any atom is -0.494 e. The summed E-state index contributed by atoms with van der Waals surface area (Å²) in [5, 5.41) is 46.8. The molecule has 19 nitrogen and oxygen atoms in total. The van der Waals surface area contributed by atoms with Crippen LogP contribution in [0.2, 0.25) is 0 Å². The topological polar surface area (TPSA) is 282 Å². The van der Waals surface area contributed by atoms with Crippen molar-refractivity contribution in [1.82, 2.24) is 4.90 Å². The van der Waals surface area contributed by atoms with Gasteiger partial charge in [0.1, 0.15) is 11.5 Å². The van der Waals surface area contributed by atoms with Crippen LogP contribution in [-0.2, 0) is 20.2 Å². The number of amides is 2. The van der Waals surface area contributed by atoms with E-state index in [1.165, 1.54) is 74.9 Å². The number of nitrogens with zero attached hydrogens (tertiary/aromatic N) is 5. The molecule has 4 aromatic rings. The molecule has 22 heteroatoms. The molecule has 4 aromatic carbocycles. The summed E-state index contributed by atoms with van der Waals surface area (Å²) in [5.41, 5.74) is 1.65. The van der Waals surface area contributed by atoms with Gasteiger partial charge in [0.05, 0.1) is 78.0 Å². The maximum atomic E-state index is 12.8. The third-order valence-corrected chi connectivity index (χ3v) is 8.61. The summed E-state index contributed by atoms with van der Waals surface area (Å²) >= 11 is 0. The predicted octanol–water partition coefficient (Wildman–Crippen LogP) is 1.94. The molecule has 0 aliphatic carbocycles. The Morgan fingerprint density at radius 2 is 0.945 bits per heavy atom. The molecule has 0 fully saturated rings. The number of aliphatic hydroxyl groups excluding tert-OH is 3. The van der Waals surface area contributed by atoms with Gasteiger partial charge in [-0.05, 0) is 60.7 Å². The molecule has 0 bridgehead atoms. The number of ether oxygens (including phenoxy) is 2. The number of methoxy groups -OCH3 is 2. The molecule has 0 saturated carbocycles. The van der Waals surface area contributed by atoms with Crippen LogP contribution >= 0.6 is 0 Å². The van der Waals surface area contributed by atoms with Gasteiger partial charge in [0, 0.05) is 31.8 Å². The summed E-state index contributed by atoms with van der Waals surface area (Å²) in [6, 6.07) is 19.1. The molecule has 0 unspecified atom stereocenters. The maximum absolute atomic E-state index is 12.8. The van der Waals surface area contributed by atoms with Crippen molar-refractivity contribution in [2.24, 2.45) is 20.5 Å². The van der Waals surface area contributed by atoms with Crippen LogP contribution in [0.3, 0.4) is 0 Å². The van der Waals surface area contributed by atoms with Crippen LogP contribution in [0.1, 0.15) is 0 Å². The number of azo groups is 2. The number of carbonyl (C=O) groups excluding carboxylic acids is 1. The van der Waals surface area contributed by atoms with Crippen LogP contribution in [0.15, 0.2) is 115 Å². The van der Waals surface area contributed by atoms with Crippen molar-refractivity contribution >= 4 is 60.4 Å². The van der Waals surface area contributed by atoms with Crippen molar-refractivity contribution in [3.63, 3.8) is 0 Å². The number of carbonyl (C=O) groups is 1. The van der Waals surface area contributed by atoms with E-state index in [0.29, 0.717) is 42.4 Å². The number of rotatable bonds is 16. The van der Waals surface area contributed by atoms with E-state index < -0.39 is 26.3 Å². The van der Waals surface area contributed by atoms with Crippen molar-refractivity contribution < 1.29 is 85.1 Å². The van der Waals surface area contributed by atoms with Crippen molar-refractivity contribution in [3.8, 4) is 11.5 Å². The van der Waals surface area contributed by atoms with E-state index in [-0.39, 0.29) is 82.0 Å². The van der Waals surface area contributed by atoms with Crippen molar-refractivity contribution in [2.45, 2.75) is 9.79 Å². The van der Waals surface area contributed by atoms with Crippen molar-refractivity contribution in [3.05, 3.63) is 84.9 Å². The zero-order valence-electron chi connectivity index (χ0n) is 30.0. The Balaban J connectivity index is 0.000000835. The Morgan fingerprint density at radius 3 is 1.25 bits per heavy atom. The van der Waals surface area contributed by atoms with Gasteiger partial charge >= 0.3 is 35.6 Å². The molecule has 0 aliphatic rings. The summed E-state index contributed by atoms with van der Waals surface area (Å²) in [5.74, 6) is 0.508. The molecular formula is C33H39N7NaO12S2+. The van der Waals surface area contributed by atoms with E-state index in [4.69, 9.17) is 24.8 Å². The number of nitrogens with one attached hydrogen (secondary N) is 2. The molecule has 0 aromatic heterocycles. The van der Waals surface area contributed by atoms with Crippen molar-refractivity contribution in [2.75, 3.05) is 64.3 Å². The summed E-state index contributed by atoms with van der Waals surface area (Å²) in [4.78, 5) is 13.9. The van der Waals surface area contributed by atoms with Gasteiger partial charge in [-0.15, -0.1) is 0 Å². The largest absolute Gasteiger partial charge is 1.00 e. The molecule has 4 rings (SSSR count). The molecule has 290 valence electrons. The first kappa shape index (κ1) is 46.8. The molecule has 0 heterocycles. The Morgan fingerprint density at radius 1 is 0.600 bits per heavy atom. The summed E-state index contributed by atoms with van der Waals surface area (Å²) in [6.07, 6.45) is 0. The minimum atomic E-state index is -4.39. The third-order valence-electron chi connectivity index (χ3n) is 6.91. The van der Waals surface area contributed by atoms with E-state index in [1.807, 2.05) is 0 Å². The van der Waals surface area contributed by atoms with E-state index in [2.05, 4.69) is 31.1 Å². The van der Waals surface area contributed by atoms with Gasteiger partial charge in [-0.25, -0.2) is 4.79 Å². The first-order chi connectivity index (χ1) is 25.7. The molecule has 0 atom stereocenters. The second-order valence-corrected chi connectivity index (χ2v) is 13.5.